The van der Waals surface area contributed by atoms with Gasteiger partial charge in [-0.05, 0) is 24.5 Å². The van der Waals surface area contributed by atoms with E-state index in [0.717, 1.165) is 17.7 Å². The van der Waals surface area contributed by atoms with Gasteiger partial charge in [-0.25, -0.2) is 9.97 Å². The molecule has 0 bridgehead atoms. The Balaban J connectivity index is 2.15. The summed E-state index contributed by atoms with van der Waals surface area (Å²) in [6.07, 6.45) is 5.57. The van der Waals surface area contributed by atoms with Gasteiger partial charge in [0.1, 0.15) is 0 Å². The fraction of sp³-hybridized carbons (Fsp3) is 0.235. The Morgan fingerprint density at radius 3 is 2.68 bits per heavy atom. The molecule has 0 aliphatic rings. The Bertz CT molecular complexity index is 665. The lowest BCUT2D eigenvalue weighted by atomic mass is 10.1. The van der Waals surface area contributed by atoms with Gasteiger partial charge in [-0.15, -0.1) is 6.58 Å². The second-order valence-electron chi connectivity index (χ2n) is 4.88. The van der Waals surface area contributed by atoms with Crippen molar-refractivity contribution in [2.24, 2.45) is 0 Å². The highest BCUT2D eigenvalue weighted by atomic mass is 16.1. The van der Waals surface area contributed by atoms with Gasteiger partial charge < -0.3 is 10.6 Å². The third kappa shape index (κ3) is 3.69. The van der Waals surface area contributed by atoms with Crippen molar-refractivity contribution >= 4 is 17.5 Å². The van der Waals surface area contributed by atoms with Crippen molar-refractivity contribution < 1.29 is 4.79 Å². The Hall–Kier alpha value is -2.69. The van der Waals surface area contributed by atoms with Crippen molar-refractivity contribution in [1.82, 2.24) is 15.3 Å². The van der Waals surface area contributed by atoms with E-state index in [2.05, 4.69) is 40.2 Å². The number of anilines is 2. The normalized spacial score (nSPS) is 10.1. The lowest BCUT2D eigenvalue weighted by molar-refractivity contribution is 0.0957. The maximum Gasteiger partial charge on any atom is 0.254 e. The van der Waals surface area contributed by atoms with E-state index in [0.29, 0.717) is 18.1 Å². The van der Waals surface area contributed by atoms with E-state index in [-0.39, 0.29) is 5.91 Å². The summed E-state index contributed by atoms with van der Waals surface area (Å²) in [5, 5.41) is 5.92. The summed E-state index contributed by atoms with van der Waals surface area (Å²) >= 11 is 0. The van der Waals surface area contributed by atoms with Crippen molar-refractivity contribution in [3.05, 3.63) is 59.9 Å². The number of rotatable bonds is 6. The quantitative estimate of drug-likeness (QED) is 0.804. The molecular formula is C17H20N4O. The van der Waals surface area contributed by atoms with Gasteiger partial charge in [0.15, 0.2) is 0 Å². The predicted octanol–water partition coefficient (Wildman–Crippen LogP) is 3.01. The molecule has 0 saturated carbocycles. The molecule has 0 radical (unpaired) electrons. The Kier molecular flexibility index (Phi) is 5.25. The summed E-state index contributed by atoms with van der Waals surface area (Å²) in [6.45, 7) is 8.12. The summed E-state index contributed by atoms with van der Waals surface area (Å²) in [5.74, 6) is 0.265. The largest absolute Gasteiger partial charge is 0.348 e. The highest BCUT2D eigenvalue weighted by Gasteiger charge is 2.08. The predicted molar refractivity (Wildman–Crippen MR) is 88.4 cm³/mol. The zero-order valence-corrected chi connectivity index (χ0v) is 12.9. The molecular weight excluding hydrogens is 276 g/mol. The third-order valence-electron chi connectivity index (χ3n) is 3.30. The minimum atomic E-state index is -0.211. The molecule has 0 fully saturated rings. The summed E-state index contributed by atoms with van der Waals surface area (Å²) in [5.41, 5.74) is 3.79. The summed E-state index contributed by atoms with van der Waals surface area (Å²) in [7, 11) is 0. The van der Waals surface area contributed by atoms with Crippen molar-refractivity contribution in [1.29, 1.82) is 0 Å². The molecule has 22 heavy (non-hydrogen) atoms. The van der Waals surface area contributed by atoms with Gasteiger partial charge >= 0.3 is 0 Å². The second-order valence-corrected chi connectivity index (χ2v) is 4.88. The van der Waals surface area contributed by atoms with Gasteiger partial charge in [-0.2, -0.15) is 0 Å². The molecule has 1 amide bonds. The Morgan fingerprint density at radius 1 is 1.32 bits per heavy atom. The van der Waals surface area contributed by atoms with Crippen molar-refractivity contribution in [3.8, 4) is 0 Å². The first kappa shape index (κ1) is 15.7. The second kappa shape index (κ2) is 7.36. The summed E-state index contributed by atoms with van der Waals surface area (Å²) < 4.78 is 0. The molecule has 0 aliphatic carbocycles. The number of aromatic nitrogens is 2. The van der Waals surface area contributed by atoms with Crippen LogP contribution in [0.2, 0.25) is 0 Å². The van der Waals surface area contributed by atoms with Crippen molar-refractivity contribution in [3.63, 3.8) is 0 Å². The van der Waals surface area contributed by atoms with Crippen LogP contribution in [0.1, 0.15) is 28.4 Å². The number of para-hydroxylation sites is 1. The number of amides is 1. The smallest absolute Gasteiger partial charge is 0.254 e. The molecule has 0 spiro atoms. The van der Waals surface area contributed by atoms with Crippen LogP contribution in [-0.2, 0) is 6.42 Å². The van der Waals surface area contributed by atoms with Crippen LogP contribution in [0, 0.1) is 6.92 Å². The van der Waals surface area contributed by atoms with Crippen LogP contribution in [0.5, 0.6) is 0 Å². The highest BCUT2D eigenvalue weighted by molar-refractivity contribution is 5.93. The van der Waals surface area contributed by atoms with E-state index in [9.17, 15) is 4.79 Å². The Labute approximate surface area is 130 Å². The molecule has 1 heterocycles. The fourth-order valence-corrected chi connectivity index (χ4v) is 2.09. The molecule has 2 aromatic rings. The minimum absolute atomic E-state index is 0.211. The number of hydrogen-bond acceptors (Lipinski definition) is 4. The van der Waals surface area contributed by atoms with E-state index in [1.165, 1.54) is 18.0 Å². The molecule has 0 saturated heterocycles. The van der Waals surface area contributed by atoms with E-state index in [1.807, 2.05) is 19.1 Å². The number of benzene rings is 1. The first-order valence-corrected chi connectivity index (χ1v) is 7.22. The number of nitrogens with one attached hydrogen (secondary N) is 2. The lowest BCUT2D eigenvalue weighted by Crippen LogP contribution is -2.23. The topological polar surface area (TPSA) is 66.9 Å². The molecule has 1 aromatic heterocycles. The fourth-order valence-electron chi connectivity index (χ4n) is 2.09. The number of aryl methyl sites for hydroxylation is 2. The molecule has 2 rings (SSSR count). The highest BCUT2D eigenvalue weighted by Crippen LogP contribution is 2.23. The zero-order chi connectivity index (χ0) is 15.9. The van der Waals surface area contributed by atoms with Crippen LogP contribution in [0.15, 0.2) is 43.2 Å². The van der Waals surface area contributed by atoms with Crippen LogP contribution in [0.25, 0.3) is 0 Å². The van der Waals surface area contributed by atoms with Crippen LogP contribution >= 0.6 is 0 Å². The molecule has 5 nitrogen and oxygen atoms in total. The molecule has 0 unspecified atom stereocenters. The van der Waals surface area contributed by atoms with E-state index in [1.54, 1.807) is 6.08 Å². The molecule has 5 heteroatoms. The molecule has 0 atom stereocenters. The standard InChI is InChI=1S/C17H20N4O/c1-4-9-18-16(22)14-10-19-17(20-11-14)21-15-12(3)7-6-8-13(15)5-2/h4,6-8,10-11H,1,5,9H2,2-3H3,(H,18,22)(H,19,20,21). The lowest BCUT2D eigenvalue weighted by Gasteiger charge is -2.12. The number of carbonyl (C=O) groups excluding carboxylic acids is 1. The van der Waals surface area contributed by atoms with Gasteiger partial charge in [-0.1, -0.05) is 31.2 Å². The molecule has 114 valence electrons. The molecule has 0 aliphatic heterocycles. The summed E-state index contributed by atoms with van der Waals surface area (Å²) in [6, 6.07) is 6.15. The molecule has 1 aromatic carbocycles. The average molecular weight is 296 g/mol. The third-order valence-corrected chi connectivity index (χ3v) is 3.30. The average Bonchev–Trinajstić information content (AvgIpc) is 2.55. The Morgan fingerprint density at radius 2 is 2.05 bits per heavy atom. The zero-order valence-electron chi connectivity index (χ0n) is 12.9. The SMILES string of the molecule is C=CCNC(=O)c1cnc(Nc2c(C)cccc2CC)nc1. The van der Waals surface area contributed by atoms with Crippen LogP contribution in [0.3, 0.4) is 0 Å². The first-order chi connectivity index (χ1) is 10.7. The van der Waals surface area contributed by atoms with E-state index in [4.69, 9.17) is 0 Å². The maximum atomic E-state index is 11.8. The van der Waals surface area contributed by atoms with Crippen LogP contribution in [-0.4, -0.2) is 22.4 Å². The first-order valence-electron chi connectivity index (χ1n) is 7.22. The van der Waals surface area contributed by atoms with Gasteiger partial charge in [0.05, 0.1) is 5.56 Å². The van der Waals surface area contributed by atoms with Crippen LogP contribution in [0.4, 0.5) is 11.6 Å². The van der Waals surface area contributed by atoms with Crippen molar-refractivity contribution in [2.45, 2.75) is 20.3 Å². The monoisotopic (exact) mass is 296 g/mol. The maximum absolute atomic E-state index is 11.8. The van der Waals surface area contributed by atoms with Gasteiger partial charge in [0, 0.05) is 24.6 Å². The van der Waals surface area contributed by atoms with Crippen LogP contribution < -0.4 is 10.6 Å². The minimum Gasteiger partial charge on any atom is -0.348 e. The number of nitrogens with zero attached hydrogens (tertiary/aromatic N) is 2. The van der Waals surface area contributed by atoms with Gasteiger partial charge in [0.2, 0.25) is 5.95 Å². The van der Waals surface area contributed by atoms with Gasteiger partial charge in [-0.3, -0.25) is 4.79 Å². The number of hydrogen-bond donors (Lipinski definition) is 2. The molecule has 2 N–H and O–H groups in total. The van der Waals surface area contributed by atoms with Gasteiger partial charge in [0.25, 0.3) is 5.91 Å². The summed E-state index contributed by atoms with van der Waals surface area (Å²) in [4.78, 5) is 20.2. The van der Waals surface area contributed by atoms with E-state index < -0.39 is 0 Å². The van der Waals surface area contributed by atoms with E-state index >= 15 is 0 Å². The number of carbonyl (C=O) groups is 1. The van der Waals surface area contributed by atoms with Crippen molar-refractivity contribution in [2.75, 3.05) is 11.9 Å².